The van der Waals surface area contributed by atoms with E-state index in [2.05, 4.69) is 144 Å². The first-order chi connectivity index (χ1) is 19.7. The van der Waals surface area contributed by atoms with E-state index in [1.54, 1.807) is 0 Å². The van der Waals surface area contributed by atoms with Crippen molar-refractivity contribution < 1.29 is 13.7 Å². The van der Waals surface area contributed by atoms with E-state index in [9.17, 15) is 0 Å². The zero-order valence-corrected chi connectivity index (χ0v) is 25.7. The molecule has 0 saturated carbocycles. The van der Waals surface area contributed by atoms with Crippen molar-refractivity contribution in [1.29, 1.82) is 0 Å². The molecule has 0 bridgehead atoms. The van der Waals surface area contributed by atoms with Gasteiger partial charge in [0, 0.05) is 44.1 Å². The number of anilines is 1. The second kappa shape index (κ2) is 9.31. The number of nitrogens with zero attached hydrogens (tertiary/aromatic N) is 5. The molecule has 2 aromatic carbocycles. The average molecular weight is 555 g/mol. The Morgan fingerprint density at radius 1 is 0.829 bits per heavy atom. The maximum atomic E-state index is 4.36. The van der Waals surface area contributed by atoms with Crippen molar-refractivity contribution in [2.24, 2.45) is 0 Å². The number of hydrogen-bond acceptors (Lipinski definition) is 2. The van der Waals surface area contributed by atoms with Crippen molar-refractivity contribution >= 4 is 30.2 Å². The molecule has 0 radical (unpaired) electrons. The third kappa shape index (κ3) is 4.05. The molecule has 0 fully saturated rings. The number of pyridine rings is 1. The summed E-state index contributed by atoms with van der Waals surface area (Å²) in [6.07, 6.45) is 15.1. The molecule has 6 heteroatoms. The molecule has 0 unspecified atom stereocenters. The van der Waals surface area contributed by atoms with Crippen molar-refractivity contribution in [3.63, 3.8) is 0 Å². The van der Waals surface area contributed by atoms with Gasteiger partial charge in [0.25, 0.3) is 5.69 Å². The molecule has 2 aliphatic heterocycles. The Labute approximate surface area is 243 Å². The molecule has 0 spiro atoms. The molecule has 0 saturated heterocycles. The Balaban J connectivity index is 1.36. The number of benzene rings is 2. The van der Waals surface area contributed by atoms with E-state index in [0.29, 0.717) is 0 Å². The van der Waals surface area contributed by atoms with Gasteiger partial charge in [-0.15, -0.1) is 9.13 Å². The quantitative estimate of drug-likeness (QED) is 0.245. The molecule has 0 amide bonds. The summed E-state index contributed by atoms with van der Waals surface area (Å²) in [5, 5.41) is 3.01. The van der Waals surface area contributed by atoms with Crippen molar-refractivity contribution in [1.82, 2.24) is 4.98 Å². The lowest BCUT2D eigenvalue weighted by Gasteiger charge is -2.38. The van der Waals surface area contributed by atoms with Gasteiger partial charge in [-0.25, -0.2) is 4.58 Å². The molecule has 1 aliphatic carbocycles. The molecule has 0 atom stereocenters. The monoisotopic (exact) mass is 554 g/mol. The van der Waals surface area contributed by atoms with Gasteiger partial charge in [0.1, 0.15) is 28.4 Å². The fraction of sp³-hybridized carbons (Fsp3) is 0.200. The van der Waals surface area contributed by atoms with Crippen LogP contribution in [0.2, 0.25) is 13.1 Å². The SMILES string of the molecule is CN(C)c1ccc2c(c1)[Si](C)(C)C1=CC(=[N+](C)C)C=CC1=C2c1ccc(-c2cc[n+]3c(c2)-c2cncc[n+]2C3)cc1. The normalized spacial score (nSPS) is 16.0. The largest absolute Gasteiger partial charge is 0.378 e. The highest BCUT2D eigenvalue weighted by Gasteiger charge is 2.40. The first-order valence-corrected chi connectivity index (χ1v) is 17.2. The predicted molar refractivity (Wildman–Crippen MR) is 169 cm³/mol. The van der Waals surface area contributed by atoms with E-state index in [-0.39, 0.29) is 0 Å². The molecular weight excluding hydrogens is 519 g/mol. The van der Waals surface area contributed by atoms with Crippen LogP contribution < -0.4 is 19.2 Å². The summed E-state index contributed by atoms with van der Waals surface area (Å²) in [6.45, 7) is 5.83. The van der Waals surface area contributed by atoms with Crippen LogP contribution in [0.3, 0.4) is 0 Å². The van der Waals surface area contributed by atoms with Crippen LogP contribution in [-0.2, 0) is 6.67 Å². The fourth-order valence-corrected chi connectivity index (χ4v) is 9.53. The fourth-order valence-electron chi connectivity index (χ4n) is 6.46. The zero-order valence-electron chi connectivity index (χ0n) is 24.7. The highest BCUT2D eigenvalue weighted by molar-refractivity contribution is 6.98. The van der Waals surface area contributed by atoms with E-state index in [1.807, 2.05) is 18.6 Å². The van der Waals surface area contributed by atoms with Crippen molar-refractivity contribution in [2.45, 2.75) is 19.8 Å². The van der Waals surface area contributed by atoms with Gasteiger partial charge in [0.2, 0.25) is 0 Å². The third-order valence-electron chi connectivity index (χ3n) is 8.87. The predicted octanol–water partition coefficient (Wildman–Crippen LogP) is 4.36. The third-order valence-corrected chi connectivity index (χ3v) is 12.4. The van der Waals surface area contributed by atoms with Gasteiger partial charge in [-0.05, 0) is 62.0 Å². The summed E-state index contributed by atoms with van der Waals surface area (Å²) in [5.41, 5.74) is 12.7. The molecule has 7 rings (SSSR count). The molecule has 0 N–H and O–H groups in total. The van der Waals surface area contributed by atoms with E-state index in [1.165, 1.54) is 60.9 Å². The van der Waals surface area contributed by atoms with Crippen LogP contribution in [-0.4, -0.2) is 51.5 Å². The van der Waals surface area contributed by atoms with Gasteiger partial charge < -0.3 is 4.90 Å². The van der Waals surface area contributed by atoms with Gasteiger partial charge in [-0.1, -0.05) is 43.4 Å². The van der Waals surface area contributed by atoms with Crippen LogP contribution in [0.25, 0.3) is 28.1 Å². The Hall–Kier alpha value is -4.42. The highest BCUT2D eigenvalue weighted by atomic mass is 28.3. The smallest absolute Gasteiger partial charge is 0.345 e. The summed E-state index contributed by atoms with van der Waals surface area (Å²) in [6, 6.07) is 20.7. The number of aromatic nitrogens is 3. The minimum absolute atomic E-state index is 0.828. The van der Waals surface area contributed by atoms with E-state index in [4.69, 9.17) is 0 Å². The minimum atomic E-state index is -1.95. The van der Waals surface area contributed by atoms with Crippen LogP contribution in [0.15, 0.2) is 108 Å². The molecule has 202 valence electrons. The van der Waals surface area contributed by atoms with Crippen molar-refractivity contribution in [3.8, 4) is 22.5 Å². The molecule has 4 heterocycles. The lowest BCUT2D eigenvalue weighted by molar-refractivity contribution is -0.877. The minimum Gasteiger partial charge on any atom is -0.378 e. The number of fused-ring (bicyclic) bond motifs is 5. The van der Waals surface area contributed by atoms with Gasteiger partial charge >= 0.3 is 12.4 Å². The van der Waals surface area contributed by atoms with E-state index in [0.717, 1.165) is 12.4 Å². The van der Waals surface area contributed by atoms with Gasteiger partial charge in [0.05, 0.1) is 6.20 Å². The molecule has 5 nitrogen and oxygen atoms in total. The lowest BCUT2D eigenvalue weighted by Crippen LogP contribution is -2.49. The lowest BCUT2D eigenvalue weighted by atomic mass is 9.89. The second-order valence-corrected chi connectivity index (χ2v) is 16.5. The average Bonchev–Trinajstić information content (AvgIpc) is 3.35. The number of allylic oxidation sites excluding steroid dienone is 5. The standard InChI is InChI=1S/C35H36N5Si/c1-37(2)27-11-13-29-33(20-27)41(5,6)34-21-28(38(3)4)12-14-30(34)35(29)25-9-7-24(8-10-25)26-15-17-39-23-40-18-16-36-22-32(40)31(39)19-26/h7-22H,23H2,1-6H3/q+3. The van der Waals surface area contributed by atoms with Crippen LogP contribution >= 0.6 is 0 Å². The molecule has 4 aromatic rings. The Bertz CT molecular complexity index is 1870. The Kier molecular flexibility index (Phi) is 5.80. The van der Waals surface area contributed by atoms with Gasteiger partial charge in [0.15, 0.2) is 18.1 Å². The first kappa shape index (κ1) is 25.5. The topological polar surface area (TPSA) is 26.9 Å². The summed E-state index contributed by atoms with van der Waals surface area (Å²) < 4.78 is 6.72. The van der Waals surface area contributed by atoms with Crippen LogP contribution in [0, 0.1) is 0 Å². The Morgan fingerprint density at radius 3 is 2.34 bits per heavy atom. The van der Waals surface area contributed by atoms with E-state index >= 15 is 0 Å². The van der Waals surface area contributed by atoms with Gasteiger partial charge in [-0.2, -0.15) is 0 Å². The molecule has 2 aromatic heterocycles. The van der Waals surface area contributed by atoms with E-state index < -0.39 is 8.07 Å². The summed E-state index contributed by atoms with van der Waals surface area (Å²) in [4.78, 5) is 6.57. The molecule has 41 heavy (non-hydrogen) atoms. The number of hydrogen-bond donors (Lipinski definition) is 0. The second-order valence-electron chi connectivity index (χ2n) is 12.2. The molecular formula is C35H36N5Si+3. The van der Waals surface area contributed by atoms with Gasteiger partial charge in [-0.3, -0.25) is 4.98 Å². The van der Waals surface area contributed by atoms with Crippen molar-refractivity contribution in [2.75, 3.05) is 33.1 Å². The maximum absolute atomic E-state index is 4.36. The van der Waals surface area contributed by atoms with Crippen LogP contribution in [0.4, 0.5) is 5.69 Å². The summed E-state index contributed by atoms with van der Waals surface area (Å²) in [7, 11) is 6.58. The molecule has 3 aliphatic rings. The maximum Gasteiger partial charge on any atom is 0.345 e. The summed E-state index contributed by atoms with van der Waals surface area (Å²) >= 11 is 0. The Morgan fingerprint density at radius 2 is 1.59 bits per heavy atom. The zero-order chi connectivity index (χ0) is 28.5. The van der Waals surface area contributed by atoms with Crippen LogP contribution in [0.1, 0.15) is 11.1 Å². The highest BCUT2D eigenvalue weighted by Crippen LogP contribution is 2.42. The van der Waals surface area contributed by atoms with Crippen LogP contribution in [0.5, 0.6) is 0 Å². The summed E-state index contributed by atoms with van der Waals surface area (Å²) in [5.74, 6) is 0. The number of rotatable bonds is 3. The van der Waals surface area contributed by atoms with Crippen molar-refractivity contribution in [3.05, 3.63) is 120 Å². The first-order valence-electron chi connectivity index (χ1n) is 14.2.